The maximum atomic E-state index is 10.5. The summed E-state index contributed by atoms with van der Waals surface area (Å²) in [5, 5.41) is 14.6. The molecule has 90 valence electrons. The SMILES string of the molecule is COc1ccc(C(C)(O)c2cnn(C)c2)cc1. The summed E-state index contributed by atoms with van der Waals surface area (Å²) in [5.74, 6) is 0.774. The lowest BCUT2D eigenvalue weighted by atomic mass is 9.90. The van der Waals surface area contributed by atoms with Gasteiger partial charge in [-0.2, -0.15) is 5.10 Å². The first-order chi connectivity index (χ1) is 8.04. The van der Waals surface area contributed by atoms with Gasteiger partial charge in [-0.1, -0.05) is 12.1 Å². The Labute approximate surface area is 100 Å². The van der Waals surface area contributed by atoms with E-state index in [9.17, 15) is 5.11 Å². The van der Waals surface area contributed by atoms with E-state index in [1.165, 1.54) is 0 Å². The van der Waals surface area contributed by atoms with E-state index >= 15 is 0 Å². The number of aliphatic hydroxyl groups is 1. The van der Waals surface area contributed by atoms with Gasteiger partial charge in [0, 0.05) is 18.8 Å². The zero-order valence-corrected chi connectivity index (χ0v) is 10.2. The number of rotatable bonds is 3. The van der Waals surface area contributed by atoms with Crippen molar-refractivity contribution in [1.82, 2.24) is 9.78 Å². The molecule has 1 heterocycles. The highest BCUT2D eigenvalue weighted by atomic mass is 16.5. The minimum atomic E-state index is -1.04. The molecule has 1 aromatic heterocycles. The lowest BCUT2D eigenvalue weighted by Crippen LogP contribution is -2.22. The van der Waals surface area contributed by atoms with Crippen LogP contribution in [0.4, 0.5) is 0 Å². The summed E-state index contributed by atoms with van der Waals surface area (Å²) >= 11 is 0. The molecule has 0 saturated heterocycles. The molecule has 0 spiro atoms. The van der Waals surface area contributed by atoms with Crippen molar-refractivity contribution >= 4 is 0 Å². The number of methoxy groups -OCH3 is 1. The minimum absolute atomic E-state index is 0.769. The second-order valence-corrected chi connectivity index (χ2v) is 4.20. The number of nitrogens with zero attached hydrogens (tertiary/aromatic N) is 2. The van der Waals surface area contributed by atoms with Gasteiger partial charge in [-0.05, 0) is 24.6 Å². The summed E-state index contributed by atoms with van der Waals surface area (Å²) < 4.78 is 6.77. The van der Waals surface area contributed by atoms with Crippen molar-refractivity contribution in [2.45, 2.75) is 12.5 Å². The van der Waals surface area contributed by atoms with E-state index in [1.54, 1.807) is 24.9 Å². The van der Waals surface area contributed by atoms with Crippen LogP contribution in [-0.4, -0.2) is 22.0 Å². The van der Waals surface area contributed by atoms with Crippen LogP contribution in [-0.2, 0) is 12.6 Å². The van der Waals surface area contributed by atoms with E-state index in [0.717, 1.165) is 16.9 Å². The van der Waals surface area contributed by atoms with Gasteiger partial charge in [0.15, 0.2) is 0 Å². The second-order valence-electron chi connectivity index (χ2n) is 4.20. The van der Waals surface area contributed by atoms with Crippen LogP contribution in [0, 0.1) is 0 Å². The molecule has 0 bridgehead atoms. The lowest BCUT2D eigenvalue weighted by molar-refractivity contribution is 0.102. The van der Waals surface area contributed by atoms with Crippen LogP contribution < -0.4 is 4.74 Å². The zero-order valence-electron chi connectivity index (χ0n) is 10.2. The van der Waals surface area contributed by atoms with Gasteiger partial charge in [0.05, 0.1) is 13.3 Å². The first-order valence-electron chi connectivity index (χ1n) is 5.40. The molecule has 0 amide bonds. The van der Waals surface area contributed by atoms with Crippen LogP contribution in [0.25, 0.3) is 0 Å². The zero-order chi connectivity index (χ0) is 12.5. The molecule has 2 aromatic rings. The Morgan fingerprint density at radius 3 is 2.35 bits per heavy atom. The molecule has 0 fully saturated rings. The van der Waals surface area contributed by atoms with Crippen molar-refractivity contribution in [3.05, 3.63) is 47.8 Å². The molecule has 0 radical (unpaired) electrons. The molecule has 0 aliphatic heterocycles. The predicted molar refractivity (Wildman–Crippen MR) is 64.9 cm³/mol. The van der Waals surface area contributed by atoms with Crippen molar-refractivity contribution in [2.24, 2.45) is 7.05 Å². The molecule has 1 aromatic carbocycles. The van der Waals surface area contributed by atoms with Crippen LogP contribution in [0.2, 0.25) is 0 Å². The highest BCUT2D eigenvalue weighted by molar-refractivity contribution is 5.36. The van der Waals surface area contributed by atoms with Gasteiger partial charge < -0.3 is 9.84 Å². The summed E-state index contributed by atoms with van der Waals surface area (Å²) in [5.41, 5.74) is 0.539. The van der Waals surface area contributed by atoms with Crippen LogP contribution in [0.1, 0.15) is 18.1 Å². The molecule has 1 N–H and O–H groups in total. The molecule has 1 unspecified atom stereocenters. The number of ether oxygens (including phenoxy) is 1. The van der Waals surface area contributed by atoms with Gasteiger partial charge in [0.25, 0.3) is 0 Å². The van der Waals surface area contributed by atoms with Gasteiger partial charge in [-0.3, -0.25) is 4.68 Å². The maximum Gasteiger partial charge on any atom is 0.118 e. The van der Waals surface area contributed by atoms with E-state index in [1.807, 2.05) is 37.5 Å². The molecule has 2 rings (SSSR count). The molecule has 4 heteroatoms. The van der Waals surface area contributed by atoms with Crippen molar-refractivity contribution < 1.29 is 9.84 Å². The number of aromatic nitrogens is 2. The van der Waals surface area contributed by atoms with Crippen molar-refractivity contribution in [1.29, 1.82) is 0 Å². The summed E-state index contributed by atoms with van der Waals surface area (Å²) in [6.07, 6.45) is 3.48. The molecule has 4 nitrogen and oxygen atoms in total. The van der Waals surface area contributed by atoms with E-state index in [-0.39, 0.29) is 0 Å². The highest BCUT2D eigenvalue weighted by Crippen LogP contribution is 2.29. The van der Waals surface area contributed by atoms with E-state index in [2.05, 4.69) is 5.10 Å². The van der Waals surface area contributed by atoms with Gasteiger partial charge in [0.1, 0.15) is 11.4 Å². The Balaban J connectivity index is 2.36. The fourth-order valence-corrected chi connectivity index (χ4v) is 1.75. The second kappa shape index (κ2) is 4.22. The topological polar surface area (TPSA) is 47.3 Å². The van der Waals surface area contributed by atoms with E-state index in [0.29, 0.717) is 0 Å². The first kappa shape index (κ1) is 11.7. The molecular weight excluding hydrogens is 216 g/mol. The smallest absolute Gasteiger partial charge is 0.118 e. The van der Waals surface area contributed by atoms with Gasteiger partial charge in [0.2, 0.25) is 0 Å². The lowest BCUT2D eigenvalue weighted by Gasteiger charge is -2.22. The molecule has 0 saturated carbocycles. The van der Waals surface area contributed by atoms with Gasteiger partial charge in [-0.15, -0.1) is 0 Å². The molecule has 0 aliphatic rings. The Kier molecular flexibility index (Phi) is 2.90. The molecule has 17 heavy (non-hydrogen) atoms. The average molecular weight is 232 g/mol. The highest BCUT2D eigenvalue weighted by Gasteiger charge is 2.26. The summed E-state index contributed by atoms with van der Waals surface area (Å²) in [7, 11) is 3.45. The number of aryl methyl sites for hydroxylation is 1. The molecule has 1 atom stereocenters. The largest absolute Gasteiger partial charge is 0.497 e. The van der Waals surface area contributed by atoms with Crippen LogP contribution in [0.3, 0.4) is 0 Å². The summed E-state index contributed by atoms with van der Waals surface area (Å²) in [4.78, 5) is 0. The predicted octanol–water partition coefficient (Wildman–Crippen LogP) is 1.68. The van der Waals surface area contributed by atoms with Crippen molar-refractivity contribution in [3.63, 3.8) is 0 Å². The standard InChI is InChI=1S/C13H16N2O2/c1-13(16,11-8-14-15(2)9-11)10-4-6-12(17-3)7-5-10/h4-9,16H,1-3H3. The number of hydrogen-bond donors (Lipinski definition) is 1. The first-order valence-corrected chi connectivity index (χ1v) is 5.40. The third kappa shape index (κ3) is 2.17. The summed E-state index contributed by atoms with van der Waals surface area (Å²) in [6.45, 7) is 1.76. The van der Waals surface area contributed by atoms with E-state index in [4.69, 9.17) is 4.74 Å². The Hall–Kier alpha value is -1.81. The van der Waals surface area contributed by atoms with Gasteiger partial charge in [-0.25, -0.2) is 0 Å². The minimum Gasteiger partial charge on any atom is -0.497 e. The van der Waals surface area contributed by atoms with E-state index < -0.39 is 5.60 Å². The Morgan fingerprint density at radius 2 is 1.88 bits per heavy atom. The number of benzene rings is 1. The monoisotopic (exact) mass is 232 g/mol. The fourth-order valence-electron chi connectivity index (χ4n) is 1.75. The average Bonchev–Trinajstić information content (AvgIpc) is 2.77. The Morgan fingerprint density at radius 1 is 1.24 bits per heavy atom. The van der Waals surface area contributed by atoms with Crippen LogP contribution >= 0.6 is 0 Å². The van der Waals surface area contributed by atoms with Crippen molar-refractivity contribution in [3.8, 4) is 5.75 Å². The van der Waals surface area contributed by atoms with Crippen LogP contribution in [0.15, 0.2) is 36.7 Å². The maximum absolute atomic E-state index is 10.5. The summed E-state index contributed by atoms with van der Waals surface area (Å²) in [6, 6.07) is 7.37. The quantitative estimate of drug-likeness (QED) is 0.876. The van der Waals surface area contributed by atoms with Gasteiger partial charge >= 0.3 is 0 Å². The third-order valence-corrected chi connectivity index (χ3v) is 2.92. The molecular formula is C13H16N2O2. The third-order valence-electron chi connectivity index (χ3n) is 2.92. The normalized spacial score (nSPS) is 14.4. The Bertz CT molecular complexity index is 500. The van der Waals surface area contributed by atoms with Crippen molar-refractivity contribution in [2.75, 3.05) is 7.11 Å². The number of hydrogen-bond acceptors (Lipinski definition) is 3. The van der Waals surface area contributed by atoms with Crippen LogP contribution in [0.5, 0.6) is 5.75 Å². The fraction of sp³-hybridized carbons (Fsp3) is 0.308. The molecule has 0 aliphatic carbocycles.